The van der Waals surface area contributed by atoms with Crippen molar-refractivity contribution in [2.45, 2.75) is 17.4 Å². The van der Waals surface area contributed by atoms with Crippen LogP contribution in [0.3, 0.4) is 0 Å². The normalized spacial score (nSPS) is 21.4. The largest absolute Gasteiger partial charge is 0.481 e. The molecule has 1 aliphatic heterocycles. The van der Waals surface area contributed by atoms with Crippen LogP contribution in [0, 0.1) is 0 Å². The molecule has 92 valence electrons. The molecule has 1 aliphatic rings. The van der Waals surface area contributed by atoms with Crippen LogP contribution in [0.4, 0.5) is 5.69 Å². The lowest BCUT2D eigenvalue weighted by molar-refractivity contribution is -0.137. The summed E-state index contributed by atoms with van der Waals surface area (Å²) < 4.78 is 24.6. The Morgan fingerprint density at radius 3 is 2.88 bits per heavy atom. The molecule has 2 rings (SSSR count). The van der Waals surface area contributed by atoms with Crippen LogP contribution in [0.15, 0.2) is 27.6 Å². The topological polar surface area (TPSA) is 83.5 Å². The van der Waals surface area contributed by atoms with Crippen LogP contribution in [0.5, 0.6) is 0 Å². The van der Waals surface area contributed by atoms with E-state index in [1.54, 1.807) is 12.1 Å². The van der Waals surface area contributed by atoms with Crippen LogP contribution < -0.4 is 5.32 Å². The van der Waals surface area contributed by atoms with Gasteiger partial charge in [0, 0.05) is 4.47 Å². The number of carboxylic acid groups (broad SMARTS) is 1. The summed E-state index contributed by atoms with van der Waals surface area (Å²) in [6.07, 6.45) is -0.217. The first-order chi connectivity index (χ1) is 7.88. The molecule has 0 bridgehead atoms. The van der Waals surface area contributed by atoms with Gasteiger partial charge >= 0.3 is 5.97 Å². The zero-order valence-corrected chi connectivity index (χ0v) is 11.1. The highest BCUT2D eigenvalue weighted by Crippen LogP contribution is 2.31. The van der Waals surface area contributed by atoms with Gasteiger partial charge < -0.3 is 10.4 Å². The Morgan fingerprint density at radius 2 is 2.24 bits per heavy atom. The van der Waals surface area contributed by atoms with Crippen molar-refractivity contribution in [3.05, 3.63) is 22.7 Å². The van der Waals surface area contributed by atoms with Gasteiger partial charge in [0.15, 0.2) is 9.84 Å². The third-order valence-corrected chi connectivity index (χ3v) is 4.84. The number of halogens is 1. The number of aliphatic carboxylic acids is 1. The average molecular weight is 320 g/mol. The van der Waals surface area contributed by atoms with Crippen LogP contribution in [0.2, 0.25) is 0 Å². The van der Waals surface area contributed by atoms with Gasteiger partial charge in [-0.25, -0.2) is 8.42 Å². The third-order valence-electron chi connectivity index (χ3n) is 2.48. The number of hydrogen-bond donors (Lipinski definition) is 2. The summed E-state index contributed by atoms with van der Waals surface area (Å²) in [5.74, 6) is -1.20. The molecular weight excluding hydrogens is 310 g/mol. The summed E-state index contributed by atoms with van der Waals surface area (Å²) in [4.78, 5) is 10.8. The fourth-order valence-electron chi connectivity index (χ4n) is 1.82. The van der Waals surface area contributed by atoms with E-state index >= 15 is 0 Å². The molecule has 1 heterocycles. The molecular formula is C10H10BrNO4S. The van der Waals surface area contributed by atoms with E-state index in [4.69, 9.17) is 5.11 Å². The van der Waals surface area contributed by atoms with E-state index in [9.17, 15) is 13.2 Å². The fraction of sp³-hybridized carbons (Fsp3) is 0.300. The molecule has 17 heavy (non-hydrogen) atoms. The van der Waals surface area contributed by atoms with Crippen LogP contribution in [-0.2, 0) is 14.6 Å². The second kappa shape index (κ2) is 4.30. The molecule has 1 aromatic carbocycles. The van der Waals surface area contributed by atoms with E-state index in [1.807, 2.05) is 0 Å². The molecule has 1 unspecified atom stereocenters. The maximum Gasteiger partial charge on any atom is 0.305 e. The highest BCUT2D eigenvalue weighted by molar-refractivity contribution is 9.10. The second-order valence-corrected chi connectivity index (χ2v) is 6.78. The summed E-state index contributed by atoms with van der Waals surface area (Å²) in [6.45, 7) is 0. The minimum absolute atomic E-state index is 0.187. The average Bonchev–Trinajstić information content (AvgIpc) is 2.13. The SMILES string of the molecule is O=C(O)CC1CS(=O)(=O)c2ccc(Br)cc2N1. The molecule has 7 heteroatoms. The smallest absolute Gasteiger partial charge is 0.305 e. The van der Waals surface area contributed by atoms with Crippen molar-refractivity contribution in [2.75, 3.05) is 11.1 Å². The molecule has 0 saturated carbocycles. The van der Waals surface area contributed by atoms with Crippen molar-refractivity contribution >= 4 is 37.4 Å². The van der Waals surface area contributed by atoms with Crippen LogP contribution >= 0.6 is 15.9 Å². The Bertz CT molecular complexity index is 570. The van der Waals surface area contributed by atoms with Crippen molar-refractivity contribution in [3.63, 3.8) is 0 Å². The molecule has 1 aromatic rings. The monoisotopic (exact) mass is 319 g/mol. The highest BCUT2D eigenvalue weighted by atomic mass is 79.9. The van der Waals surface area contributed by atoms with Gasteiger partial charge in [-0.1, -0.05) is 15.9 Å². The first-order valence-corrected chi connectivity index (χ1v) is 7.33. The summed E-state index contributed by atoms with van der Waals surface area (Å²) in [7, 11) is -3.40. The molecule has 0 spiro atoms. The number of nitrogens with one attached hydrogen (secondary N) is 1. The van der Waals surface area contributed by atoms with Crippen molar-refractivity contribution in [3.8, 4) is 0 Å². The van der Waals surface area contributed by atoms with Crippen molar-refractivity contribution in [1.29, 1.82) is 0 Å². The third kappa shape index (κ3) is 2.61. The lowest BCUT2D eigenvalue weighted by Gasteiger charge is -2.25. The van der Waals surface area contributed by atoms with E-state index < -0.39 is 21.8 Å². The molecule has 2 N–H and O–H groups in total. The zero-order chi connectivity index (χ0) is 12.6. The van der Waals surface area contributed by atoms with E-state index in [-0.39, 0.29) is 17.1 Å². The number of sulfone groups is 1. The first kappa shape index (κ1) is 12.4. The van der Waals surface area contributed by atoms with Crippen LogP contribution in [-0.4, -0.2) is 31.3 Å². The predicted molar refractivity (Wildman–Crippen MR) is 65.9 cm³/mol. The number of carboxylic acids is 1. The highest BCUT2D eigenvalue weighted by Gasteiger charge is 2.31. The Kier molecular flexibility index (Phi) is 3.13. The summed E-state index contributed by atoms with van der Waals surface area (Å²) in [5.41, 5.74) is 0.455. The van der Waals surface area contributed by atoms with Gasteiger partial charge in [0.25, 0.3) is 0 Å². The van der Waals surface area contributed by atoms with Gasteiger partial charge in [-0.3, -0.25) is 4.79 Å². The number of fused-ring (bicyclic) bond motifs is 1. The molecule has 0 radical (unpaired) electrons. The van der Waals surface area contributed by atoms with Gasteiger partial charge in [0.1, 0.15) is 0 Å². The standard InChI is InChI=1S/C10H10BrNO4S/c11-6-1-2-9-8(3-6)12-7(4-10(13)14)5-17(9,15)16/h1-3,7,12H,4-5H2,(H,13,14). The molecule has 0 saturated heterocycles. The minimum Gasteiger partial charge on any atom is -0.481 e. The van der Waals surface area contributed by atoms with Crippen molar-refractivity contribution in [1.82, 2.24) is 0 Å². The molecule has 0 amide bonds. The van der Waals surface area contributed by atoms with E-state index in [0.717, 1.165) is 4.47 Å². The van der Waals surface area contributed by atoms with Gasteiger partial charge in [0.05, 0.1) is 28.8 Å². The van der Waals surface area contributed by atoms with E-state index in [0.29, 0.717) is 5.69 Å². The minimum atomic E-state index is -3.40. The van der Waals surface area contributed by atoms with Gasteiger partial charge in [-0.05, 0) is 18.2 Å². The summed E-state index contributed by atoms with van der Waals surface area (Å²) >= 11 is 3.25. The Labute approximate surface area is 107 Å². The predicted octanol–water partition coefficient (Wildman–Crippen LogP) is 1.49. The van der Waals surface area contributed by atoms with Crippen molar-refractivity contribution < 1.29 is 18.3 Å². The van der Waals surface area contributed by atoms with E-state index in [2.05, 4.69) is 21.2 Å². The molecule has 0 aromatic heterocycles. The number of rotatable bonds is 2. The zero-order valence-electron chi connectivity index (χ0n) is 8.68. The molecule has 1 atom stereocenters. The number of anilines is 1. The van der Waals surface area contributed by atoms with Crippen LogP contribution in [0.25, 0.3) is 0 Å². The maximum atomic E-state index is 11.9. The number of carbonyl (C=O) groups is 1. The van der Waals surface area contributed by atoms with Crippen molar-refractivity contribution in [2.24, 2.45) is 0 Å². The quantitative estimate of drug-likeness (QED) is 0.863. The maximum absolute atomic E-state index is 11.9. The Hall–Kier alpha value is -1.08. The van der Waals surface area contributed by atoms with Gasteiger partial charge in [-0.2, -0.15) is 0 Å². The number of hydrogen-bond acceptors (Lipinski definition) is 4. The van der Waals surface area contributed by atoms with Gasteiger partial charge in [-0.15, -0.1) is 0 Å². The Morgan fingerprint density at radius 1 is 1.53 bits per heavy atom. The second-order valence-electron chi connectivity index (χ2n) is 3.86. The lowest BCUT2D eigenvalue weighted by Crippen LogP contribution is -2.35. The van der Waals surface area contributed by atoms with Crippen LogP contribution in [0.1, 0.15) is 6.42 Å². The Balaban J connectivity index is 2.41. The van der Waals surface area contributed by atoms with Gasteiger partial charge in [0.2, 0.25) is 0 Å². The lowest BCUT2D eigenvalue weighted by atomic mass is 10.2. The summed E-state index contributed by atoms with van der Waals surface area (Å²) in [6, 6.07) is 4.22. The first-order valence-electron chi connectivity index (χ1n) is 4.89. The fourth-order valence-corrected chi connectivity index (χ4v) is 3.82. The number of benzene rings is 1. The summed E-state index contributed by atoms with van der Waals surface area (Å²) in [5, 5.41) is 11.6. The molecule has 0 aliphatic carbocycles. The molecule has 0 fully saturated rings. The van der Waals surface area contributed by atoms with E-state index in [1.165, 1.54) is 6.07 Å². The molecule has 5 nitrogen and oxygen atoms in total.